The average molecular weight is 948 g/mol. The molecule has 8 aromatic rings. The number of aromatic nitrogens is 4. The molecule has 0 atom stereocenters. The summed E-state index contributed by atoms with van der Waals surface area (Å²) in [5, 5.41) is 2.54. The topological polar surface area (TPSA) is 192 Å². The molecule has 2 aromatic carbocycles. The molecule has 8 heterocycles. The number of morpholine rings is 2. The molecule has 2 aliphatic heterocycles. The third-order valence-electron chi connectivity index (χ3n) is 10.7. The first-order chi connectivity index (χ1) is 31.3. The Hall–Kier alpha value is -6.17. The van der Waals surface area contributed by atoms with Crippen molar-refractivity contribution in [3.8, 4) is 0 Å². The van der Waals surface area contributed by atoms with E-state index >= 15 is 4.39 Å². The fourth-order valence-corrected chi connectivity index (χ4v) is 10.6. The molecule has 2 saturated heterocycles. The second kappa shape index (κ2) is 18.0. The van der Waals surface area contributed by atoms with Crippen LogP contribution in [0.5, 0.6) is 0 Å². The smallest absolute Gasteiger partial charge is 0.345 e. The second-order valence-electron chi connectivity index (χ2n) is 14.9. The monoisotopic (exact) mass is 947 g/mol. The number of anilines is 2. The average Bonchev–Trinajstić information content (AvgIpc) is 3.87. The third kappa shape index (κ3) is 8.36. The first-order valence-corrected chi connectivity index (χ1v) is 23.9. The molecular weight excluding hydrogens is 909 g/mol. The Bertz CT molecular complexity index is 3440. The van der Waals surface area contributed by atoms with Crippen molar-refractivity contribution < 1.29 is 45.2 Å². The molecule has 338 valence electrons. The molecule has 2 aliphatic rings. The van der Waals surface area contributed by atoms with Crippen LogP contribution in [0.3, 0.4) is 0 Å². The van der Waals surface area contributed by atoms with Crippen molar-refractivity contribution in [1.29, 1.82) is 0 Å². The zero-order valence-corrected chi connectivity index (χ0v) is 37.2. The number of thiazole rings is 2. The molecule has 6 aromatic heterocycles. The summed E-state index contributed by atoms with van der Waals surface area (Å²) >= 11 is 2.55. The number of rotatable bonds is 9. The minimum absolute atomic E-state index is 0.0295. The molecule has 17 nitrogen and oxygen atoms in total. The lowest BCUT2D eigenvalue weighted by Gasteiger charge is -2.28. The van der Waals surface area contributed by atoms with Gasteiger partial charge in [0.1, 0.15) is 20.8 Å². The fourth-order valence-electron chi connectivity index (χ4n) is 7.82. The van der Waals surface area contributed by atoms with Gasteiger partial charge in [0.25, 0.3) is 16.0 Å². The zero-order chi connectivity index (χ0) is 45.6. The molecule has 65 heavy (non-hydrogen) atoms. The Balaban J connectivity index is 0.000000166. The predicted octanol–water partition coefficient (Wildman–Crippen LogP) is 4.96. The summed E-state index contributed by atoms with van der Waals surface area (Å²) in [7, 11) is -3.67. The maximum absolute atomic E-state index is 15.2. The standard InChI is InChI=1S/C22H21FN4O6S2.C21H18FN3O4S/c1-35(30,31)33-9-6-24-21(29)17-18(28)13-12-14(23)20(26-7-10-32-11-8-26)25-19(13)27-15-4-2-3-5-16(15)34-22(17)27;1-2-29-21(27)16-17(26)12-11-13(22)19(24-7-9-28-10-8-24)23-18(12)25-14-5-3-4-6-15(14)30-20(16)25/h2-5,12H,6-11H2,1H3,(H,24,29);3-6,11H,2,7-10H2,1H3. The normalized spacial score (nSPS) is 14.7. The Morgan fingerprint density at radius 2 is 1.22 bits per heavy atom. The first kappa shape index (κ1) is 44.1. The van der Waals surface area contributed by atoms with E-state index in [1.54, 1.807) is 20.6 Å². The van der Waals surface area contributed by atoms with E-state index in [4.69, 9.17) is 14.2 Å². The van der Waals surface area contributed by atoms with Gasteiger partial charge in [-0.3, -0.25) is 27.4 Å². The summed E-state index contributed by atoms with van der Waals surface area (Å²) < 4.78 is 78.1. The van der Waals surface area contributed by atoms with Gasteiger partial charge >= 0.3 is 5.97 Å². The van der Waals surface area contributed by atoms with Crippen molar-refractivity contribution >= 4 is 108 Å². The molecule has 0 spiro atoms. The quantitative estimate of drug-likeness (QED) is 0.116. The van der Waals surface area contributed by atoms with Crippen LogP contribution in [0.15, 0.2) is 70.3 Å². The lowest BCUT2D eigenvalue weighted by molar-refractivity contribution is 0.0527. The van der Waals surface area contributed by atoms with Crippen molar-refractivity contribution in [1.82, 2.24) is 24.1 Å². The van der Waals surface area contributed by atoms with E-state index in [0.717, 1.165) is 32.8 Å². The minimum Gasteiger partial charge on any atom is -0.462 e. The number of pyridine rings is 4. The van der Waals surface area contributed by atoms with Crippen molar-refractivity contribution in [2.75, 3.05) is 88.4 Å². The summed E-state index contributed by atoms with van der Waals surface area (Å²) in [5.41, 5.74) is 0.594. The van der Waals surface area contributed by atoms with Crippen molar-refractivity contribution in [3.05, 3.63) is 104 Å². The van der Waals surface area contributed by atoms with Gasteiger partial charge in [0.15, 0.2) is 34.6 Å². The number of nitrogens with one attached hydrogen (secondary N) is 1. The lowest BCUT2D eigenvalue weighted by atomic mass is 10.1. The van der Waals surface area contributed by atoms with E-state index in [1.165, 1.54) is 28.7 Å². The highest BCUT2D eigenvalue weighted by Gasteiger charge is 2.28. The molecule has 1 N–H and O–H groups in total. The zero-order valence-electron chi connectivity index (χ0n) is 34.8. The lowest BCUT2D eigenvalue weighted by Crippen LogP contribution is -2.37. The van der Waals surface area contributed by atoms with Crippen LogP contribution in [-0.4, -0.2) is 118 Å². The summed E-state index contributed by atoms with van der Waals surface area (Å²) in [6.07, 6.45) is 0.901. The highest BCUT2D eigenvalue weighted by atomic mass is 32.2. The van der Waals surface area contributed by atoms with E-state index in [9.17, 15) is 32.0 Å². The van der Waals surface area contributed by atoms with Crippen molar-refractivity contribution in [2.45, 2.75) is 6.92 Å². The molecule has 2 fully saturated rings. The number of halogens is 2. The Morgan fingerprint density at radius 1 is 0.754 bits per heavy atom. The van der Waals surface area contributed by atoms with Crippen molar-refractivity contribution in [2.24, 2.45) is 0 Å². The third-order valence-corrected chi connectivity index (χ3v) is 13.6. The number of carbonyl (C=O) groups is 2. The number of fused-ring (bicyclic) bond motifs is 10. The first-order valence-electron chi connectivity index (χ1n) is 20.4. The summed E-state index contributed by atoms with van der Waals surface area (Å²) in [5.74, 6) is -2.39. The number of amides is 1. The molecule has 0 aliphatic carbocycles. The number of benzene rings is 2. The van der Waals surface area contributed by atoms with Crippen molar-refractivity contribution in [3.63, 3.8) is 0 Å². The van der Waals surface area contributed by atoms with Crippen LogP contribution in [-0.2, 0) is 28.5 Å². The second-order valence-corrected chi connectivity index (χ2v) is 18.6. The Labute approximate surface area is 375 Å². The highest BCUT2D eigenvalue weighted by molar-refractivity contribution is 7.86. The Morgan fingerprint density at radius 3 is 1.69 bits per heavy atom. The number of para-hydroxylation sites is 2. The number of hydrogen-bond acceptors (Lipinski definition) is 16. The van der Waals surface area contributed by atoms with Gasteiger partial charge in [0.2, 0.25) is 10.9 Å². The SMILES string of the molecule is CCOC(=O)c1c(=O)c2cc(F)c(N3CCOCC3)nc2n2c1sc1ccccc12.CS(=O)(=O)OCCNC(=O)c1c(=O)c2cc(F)c(N3CCOCC3)nc2n2c1sc1ccccc12. The van der Waals surface area contributed by atoms with Gasteiger partial charge in [-0.25, -0.2) is 23.5 Å². The van der Waals surface area contributed by atoms with Crippen LogP contribution in [0, 0.1) is 11.6 Å². The molecule has 1 amide bonds. The van der Waals surface area contributed by atoms with E-state index in [0.29, 0.717) is 67.9 Å². The molecule has 22 heteroatoms. The van der Waals surface area contributed by atoms with Crippen LogP contribution >= 0.6 is 22.7 Å². The van der Waals surface area contributed by atoms with E-state index in [2.05, 4.69) is 19.5 Å². The van der Waals surface area contributed by atoms with Crippen LogP contribution in [0.2, 0.25) is 0 Å². The maximum atomic E-state index is 15.2. The van der Waals surface area contributed by atoms with Gasteiger partial charge in [0.05, 0.1) is 77.1 Å². The van der Waals surface area contributed by atoms with Gasteiger partial charge < -0.3 is 29.3 Å². The molecule has 0 unspecified atom stereocenters. The predicted molar refractivity (Wildman–Crippen MR) is 244 cm³/mol. The molecule has 0 bridgehead atoms. The van der Waals surface area contributed by atoms with Crippen LogP contribution < -0.4 is 26.0 Å². The largest absolute Gasteiger partial charge is 0.462 e. The minimum atomic E-state index is -3.67. The number of hydrogen-bond donors (Lipinski definition) is 1. The number of nitrogens with zero attached hydrogens (tertiary/aromatic N) is 6. The van der Waals surface area contributed by atoms with E-state index < -0.39 is 44.5 Å². The molecule has 10 rings (SSSR count). The summed E-state index contributed by atoms with van der Waals surface area (Å²) in [6, 6.07) is 17.2. The highest BCUT2D eigenvalue weighted by Crippen LogP contribution is 2.34. The van der Waals surface area contributed by atoms with Gasteiger partial charge in [-0.1, -0.05) is 24.3 Å². The van der Waals surface area contributed by atoms with Gasteiger partial charge in [-0.05, 0) is 43.3 Å². The molecule has 0 radical (unpaired) electrons. The van der Waals surface area contributed by atoms with E-state index in [1.807, 2.05) is 53.4 Å². The van der Waals surface area contributed by atoms with Gasteiger partial charge in [-0.2, -0.15) is 8.42 Å². The number of esters is 1. The fraction of sp³-hybridized carbons (Fsp3) is 0.302. The molecule has 0 saturated carbocycles. The summed E-state index contributed by atoms with van der Waals surface area (Å²) in [4.78, 5) is 65.9. The van der Waals surface area contributed by atoms with Gasteiger partial charge in [0, 0.05) is 32.7 Å². The maximum Gasteiger partial charge on any atom is 0.345 e. The summed E-state index contributed by atoms with van der Waals surface area (Å²) in [6.45, 7) is 5.20. The van der Waals surface area contributed by atoms with Crippen LogP contribution in [0.25, 0.3) is 52.2 Å². The Kier molecular flexibility index (Phi) is 12.2. The molecular formula is C43H39F2N7O10S3. The van der Waals surface area contributed by atoms with Crippen LogP contribution in [0.1, 0.15) is 27.6 Å². The van der Waals surface area contributed by atoms with E-state index in [-0.39, 0.29) is 58.9 Å². The number of ether oxygens (including phenoxy) is 3. The number of carbonyl (C=O) groups excluding carboxylic acids is 2. The van der Waals surface area contributed by atoms with Gasteiger partial charge in [-0.15, -0.1) is 22.7 Å². The van der Waals surface area contributed by atoms with Crippen LogP contribution in [0.4, 0.5) is 20.4 Å².